The number of benzene rings is 1. The molecule has 8 heteroatoms. The Morgan fingerprint density at radius 2 is 1.91 bits per heavy atom. The second-order valence-corrected chi connectivity index (χ2v) is 7.07. The molecule has 23 heavy (non-hydrogen) atoms. The van der Waals surface area contributed by atoms with E-state index in [1.165, 1.54) is 12.2 Å². The normalized spacial score (nSPS) is 27.3. The van der Waals surface area contributed by atoms with Gasteiger partial charge in [-0.05, 0) is 6.07 Å². The van der Waals surface area contributed by atoms with E-state index in [0.717, 1.165) is 0 Å². The Morgan fingerprint density at radius 3 is 2.43 bits per heavy atom. The van der Waals surface area contributed by atoms with E-state index < -0.39 is 20.9 Å². The minimum Gasteiger partial charge on any atom is -0.398 e. The lowest BCUT2D eigenvalue weighted by atomic mass is 9.83. The molecule has 1 aromatic rings. The van der Waals surface area contributed by atoms with Crippen LogP contribution in [0.5, 0.6) is 0 Å². The zero-order valence-electron chi connectivity index (χ0n) is 12.2. The van der Waals surface area contributed by atoms with Gasteiger partial charge in [0.05, 0.1) is 0 Å². The minimum atomic E-state index is -4.23. The number of hydrogen-bond acceptors (Lipinski definition) is 4. The van der Waals surface area contributed by atoms with Crippen LogP contribution in [0.2, 0.25) is 0 Å². The maximum absolute atomic E-state index is 12.2. The maximum Gasteiger partial charge on any atom is 0.318 e. The highest BCUT2D eigenvalue weighted by Gasteiger charge is 2.42. The van der Waals surface area contributed by atoms with E-state index >= 15 is 0 Å². The molecule has 0 unspecified atom stereocenters. The van der Waals surface area contributed by atoms with Gasteiger partial charge in [-0.15, -0.1) is 0 Å². The number of nitrogen functional groups attached to an aromatic ring is 1. The van der Waals surface area contributed by atoms with Gasteiger partial charge in [0.1, 0.15) is 10.8 Å². The topological polar surface area (TPSA) is 113 Å². The first-order valence-corrected chi connectivity index (χ1v) is 8.60. The third-order valence-electron chi connectivity index (χ3n) is 4.12. The number of para-hydroxylation sites is 1. The van der Waals surface area contributed by atoms with Crippen LogP contribution in [0.15, 0.2) is 48.6 Å². The average Bonchev–Trinajstić information content (AvgIpc) is 2.93. The largest absolute Gasteiger partial charge is 0.398 e. The Kier molecular flexibility index (Phi) is 3.65. The van der Waals surface area contributed by atoms with Crippen molar-refractivity contribution in [3.8, 4) is 0 Å². The van der Waals surface area contributed by atoms with Crippen molar-refractivity contribution < 1.29 is 17.8 Å². The van der Waals surface area contributed by atoms with E-state index in [2.05, 4.69) is 5.32 Å². The predicted octanol–water partition coefficient (Wildman–Crippen LogP) is 0.872. The molecular formula is C15H17N3O4S. The molecule has 0 spiro atoms. The molecule has 0 saturated carbocycles. The maximum atomic E-state index is 12.2. The zero-order valence-corrected chi connectivity index (χ0v) is 13.0. The molecule has 0 bridgehead atoms. The molecule has 2 aliphatic rings. The van der Waals surface area contributed by atoms with Gasteiger partial charge in [-0.1, -0.05) is 42.5 Å². The van der Waals surface area contributed by atoms with Crippen LogP contribution in [-0.2, 0) is 15.7 Å². The van der Waals surface area contributed by atoms with E-state index in [4.69, 9.17) is 5.73 Å². The summed E-state index contributed by atoms with van der Waals surface area (Å²) in [5.41, 5.74) is 6.27. The van der Waals surface area contributed by atoms with E-state index in [1.54, 1.807) is 41.3 Å². The van der Waals surface area contributed by atoms with Crippen molar-refractivity contribution in [2.24, 2.45) is 0 Å². The SMILES string of the molecule is Nc1ccccc1C1(N2CCNC2=O)C=CC(S(=O)(=O)O)C=C1. The number of urea groups is 1. The van der Waals surface area contributed by atoms with Gasteiger partial charge in [-0.2, -0.15) is 8.42 Å². The minimum absolute atomic E-state index is 0.257. The van der Waals surface area contributed by atoms with Crippen LogP contribution in [-0.4, -0.2) is 42.2 Å². The monoisotopic (exact) mass is 335 g/mol. The summed E-state index contributed by atoms with van der Waals surface area (Å²) < 4.78 is 31.9. The Hall–Kier alpha value is -2.32. The van der Waals surface area contributed by atoms with Crippen LogP contribution >= 0.6 is 0 Å². The molecule has 1 heterocycles. The summed E-state index contributed by atoms with van der Waals surface area (Å²) >= 11 is 0. The Morgan fingerprint density at radius 1 is 1.26 bits per heavy atom. The van der Waals surface area contributed by atoms with Gasteiger partial charge in [0.2, 0.25) is 0 Å². The summed E-state index contributed by atoms with van der Waals surface area (Å²) in [6.45, 7) is 0.953. The fraction of sp³-hybridized carbons (Fsp3) is 0.267. The van der Waals surface area contributed by atoms with E-state index in [1.807, 2.05) is 0 Å². The number of carbonyl (C=O) groups excluding carboxylic acids is 1. The highest BCUT2D eigenvalue weighted by Crippen LogP contribution is 2.39. The van der Waals surface area contributed by atoms with Gasteiger partial charge in [-0.25, -0.2) is 4.79 Å². The van der Waals surface area contributed by atoms with Crippen molar-refractivity contribution in [3.05, 3.63) is 54.1 Å². The highest BCUT2D eigenvalue weighted by molar-refractivity contribution is 7.86. The average molecular weight is 335 g/mol. The molecule has 7 nitrogen and oxygen atoms in total. The lowest BCUT2D eigenvalue weighted by Crippen LogP contribution is -2.47. The number of nitrogens with one attached hydrogen (secondary N) is 1. The smallest absolute Gasteiger partial charge is 0.318 e. The van der Waals surface area contributed by atoms with Crippen LogP contribution in [0.3, 0.4) is 0 Å². The molecular weight excluding hydrogens is 318 g/mol. The Bertz CT molecular complexity index is 787. The number of amides is 2. The van der Waals surface area contributed by atoms with Crippen molar-refractivity contribution in [2.45, 2.75) is 10.8 Å². The number of nitrogens with two attached hydrogens (primary N) is 1. The van der Waals surface area contributed by atoms with Gasteiger partial charge in [-0.3, -0.25) is 4.55 Å². The third-order valence-corrected chi connectivity index (χ3v) is 5.12. The first-order chi connectivity index (χ1) is 10.8. The Labute approximate surface area is 134 Å². The molecule has 122 valence electrons. The summed E-state index contributed by atoms with van der Waals surface area (Å²) in [4.78, 5) is 13.8. The highest BCUT2D eigenvalue weighted by atomic mass is 32.2. The molecule has 0 radical (unpaired) electrons. The van der Waals surface area contributed by atoms with Crippen molar-refractivity contribution in [3.63, 3.8) is 0 Å². The predicted molar refractivity (Wildman–Crippen MR) is 86.3 cm³/mol. The molecule has 3 rings (SSSR count). The first-order valence-electron chi connectivity index (χ1n) is 7.10. The molecule has 2 amide bonds. The summed E-state index contributed by atoms with van der Waals surface area (Å²) in [7, 11) is -4.23. The fourth-order valence-corrected chi connectivity index (χ4v) is 3.55. The van der Waals surface area contributed by atoms with Gasteiger partial charge < -0.3 is 16.0 Å². The van der Waals surface area contributed by atoms with Gasteiger partial charge >= 0.3 is 6.03 Å². The second kappa shape index (κ2) is 5.39. The number of anilines is 1. The number of nitrogens with zero attached hydrogens (tertiary/aromatic N) is 1. The van der Waals surface area contributed by atoms with E-state index in [0.29, 0.717) is 24.3 Å². The molecule has 4 N–H and O–H groups in total. The third kappa shape index (κ3) is 2.60. The van der Waals surface area contributed by atoms with Crippen molar-refractivity contribution in [2.75, 3.05) is 18.8 Å². The lowest BCUT2D eigenvalue weighted by molar-refractivity contribution is 0.187. The van der Waals surface area contributed by atoms with Crippen LogP contribution in [0, 0.1) is 0 Å². The number of hydrogen-bond donors (Lipinski definition) is 3. The van der Waals surface area contributed by atoms with Gasteiger partial charge in [0.15, 0.2) is 0 Å². The molecule has 1 aliphatic carbocycles. The summed E-state index contributed by atoms with van der Waals surface area (Å²) in [5.74, 6) is 0. The van der Waals surface area contributed by atoms with Crippen LogP contribution in [0.1, 0.15) is 5.56 Å². The molecule has 0 atom stereocenters. The van der Waals surface area contributed by atoms with Gasteiger partial charge in [0.25, 0.3) is 10.1 Å². The standard InChI is InChI=1S/C15H17N3O4S/c16-13-4-2-1-3-12(13)15(18-10-9-17-14(18)19)7-5-11(6-8-15)23(20,21)22/h1-8,11H,9-10,16H2,(H,17,19)(H,20,21,22). The molecule has 1 aromatic carbocycles. The molecule has 1 fully saturated rings. The quantitative estimate of drug-likeness (QED) is 0.431. The van der Waals surface area contributed by atoms with E-state index in [9.17, 15) is 17.8 Å². The zero-order chi connectivity index (χ0) is 16.7. The summed E-state index contributed by atoms with van der Waals surface area (Å²) in [5, 5.41) is 1.60. The number of carbonyl (C=O) groups is 1. The Balaban J connectivity index is 2.13. The van der Waals surface area contributed by atoms with Crippen molar-refractivity contribution in [1.29, 1.82) is 0 Å². The summed E-state index contributed by atoms with van der Waals surface area (Å²) in [6, 6.07) is 6.85. The van der Waals surface area contributed by atoms with E-state index in [-0.39, 0.29) is 6.03 Å². The van der Waals surface area contributed by atoms with Crippen LogP contribution in [0.4, 0.5) is 10.5 Å². The van der Waals surface area contributed by atoms with Gasteiger partial charge in [0, 0.05) is 24.3 Å². The number of rotatable bonds is 3. The molecule has 1 aliphatic heterocycles. The fourth-order valence-electron chi connectivity index (χ4n) is 2.99. The molecule has 1 saturated heterocycles. The van der Waals surface area contributed by atoms with Crippen molar-refractivity contribution in [1.82, 2.24) is 10.2 Å². The van der Waals surface area contributed by atoms with Crippen molar-refractivity contribution >= 4 is 21.8 Å². The summed E-state index contributed by atoms with van der Waals surface area (Å²) in [6.07, 6.45) is 5.94. The lowest BCUT2D eigenvalue weighted by Gasteiger charge is -2.39. The first kappa shape index (κ1) is 15.6. The molecule has 0 aromatic heterocycles. The van der Waals surface area contributed by atoms with Crippen LogP contribution < -0.4 is 11.1 Å². The van der Waals surface area contributed by atoms with Crippen LogP contribution in [0.25, 0.3) is 0 Å². The second-order valence-electron chi connectivity index (χ2n) is 5.49.